The molecule has 0 bridgehead atoms. The molecule has 5 nitrogen and oxygen atoms in total. The molecule has 2 N–H and O–H groups in total. The van der Waals surface area contributed by atoms with Crippen LogP contribution in [0.25, 0.3) is 0 Å². The van der Waals surface area contributed by atoms with Gasteiger partial charge < -0.3 is 15.0 Å². The third-order valence-electron chi connectivity index (χ3n) is 2.78. The van der Waals surface area contributed by atoms with Crippen molar-refractivity contribution < 1.29 is 9.26 Å². The Morgan fingerprint density at radius 3 is 2.94 bits per heavy atom. The molecule has 1 aliphatic heterocycles. The van der Waals surface area contributed by atoms with Gasteiger partial charge in [0, 0.05) is 6.42 Å². The molecule has 88 valence electrons. The first kappa shape index (κ1) is 10.3. The molecule has 1 aliphatic rings. The van der Waals surface area contributed by atoms with Gasteiger partial charge >= 0.3 is 0 Å². The van der Waals surface area contributed by atoms with E-state index >= 15 is 0 Å². The molecule has 2 unspecified atom stereocenters. The van der Waals surface area contributed by atoms with Gasteiger partial charge in [0.15, 0.2) is 6.10 Å². The molecule has 17 heavy (non-hydrogen) atoms. The summed E-state index contributed by atoms with van der Waals surface area (Å²) >= 11 is 0. The van der Waals surface area contributed by atoms with E-state index < -0.39 is 0 Å². The Hall–Kier alpha value is -1.88. The van der Waals surface area contributed by atoms with Gasteiger partial charge in [-0.2, -0.15) is 4.98 Å². The number of aromatic nitrogens is 2. The zero-order valence-electron chi connectivity index (χ0n) is 9.46. The summed E-state index contributed by atoms with van der Waals surface area (Å²) in [4.78, 5) is 4.25. The first-order valence-electron chi connectivity index (χ1n) is 5.57. The van der Waals surface area contributed by atoms with Gasteiger partial charge in [-0.15, -0.1) is 0 Å². The van der Waals surface area contributed by atoms with Crippen LogP contribution in [0.2, 0.25) is 0 Å². The molecule has 0 amide bonds. The average molecular weight is 231 g/mol. The number of benzene rings is 1. The van der Waals surface area contributed by atoms with Crippen LogP contribution in [0.15, 0.2) is 28.8 Å². The highest BCUT2D eigenvalue weighted by atomic mass is 16.5. The van der Waals surface area contributed by atoms with Crippen LogP contribution in [0.1, 0.15) is 36.3 Å². The molecule has 0 fully saturated rings. The molecule has 1 aromatic heterocycles. The van der Waals surface area contributed by atoms with E-state index in [0.717, 1.165) is 12.2 Å². The van der Waals surface area contributed by atoms with Gasteiger partial charge in [-0.05, 0) is 18.6 Å². The van der Waals surface area contributed by atoms with Crippen molar-refractivity contribution in [2.45, 2.75) is 25.5 Å². The van der Waals surface area contributed by atoms with Crippen molar-refractivity contribution >= 4 is 0 Å². The molecule has 0 aliphatic carbocycles. The summed E-state index contributed by atoms with van der Waals surface area (Å²) < 4.78 is 10.8. The molecule has 0 spiro atoms. The predicted octanol–water partition coefficient (Wildman–Crippen LogP) is 1.77. The van der Waals surface area contributed by atoms with Crippen molar-refractivity contribution in [2.75, 3.05) is 0 Å². The van der Waals surface area contributed by atoms with E-state index in [1.807, 2.05) is 31.2 Å². The number of nitrogens with two attached hydrogens (primary N) is 1. The van der Waals surface area contributed by atoms with Crippen LogP contribution in [0.5, 0.6) is 5.75 Å². The second kappa shape index (κ2) is 3.85. The number of fused-ring (bicyclic) bond motifs is 1. The van der Waals surface area contributed by atoms with Crippen molar-refractivity contribution in [3.8, 4) is 5.75 Å². The highest BCUT2D eigenvalue weighted by Gasteiger charge is 2.28. The minimum Gasteiger partial charge on any atom is -0.482 e. The van der Waals surface area contributed by atoms with E-state index in [1.54, 1.807) is 0 Å². The topological polar surface area (TPSA) is 74.2 Å². The zero-order chi connectivity index (χ0) is 11.8. The van der Waals surface area contributed by atoms with Gasteiger partial charge in [0.1, 0.15) is 5.75 Å². The molecule has 0 radical (unpaired) electrons. The molecule has 2 atom stereocenters. The fourth-order valence-electron chi connectivity index (χ4n) is 1.89. The molecular formula is C12H13N3O2. The van der Waals surface area contributed by atoms with E-state index in [-0.39, 0.29) is 12.1 Å². The number of hydrogen-bond donors (Lipinski definition) is 1. The second-order valence-electron chi connectivity index (χ2n) is 4.20. The SMILES string of the molecule is CC(N)c1nc(C2Cc3ccccc3O2)no1. The van der Waals surface area contributed by atoms with E-state index in [1.165, 1.54) is 5.56 Å². The second-order valence-corrected chi connectivity index (χ2v) is 4.20. The van der Waals surface area contributed by atoms with Crippen molar-refractivity contribution in [3.05, 3.63) is 41.5 Å². The van der Waals surface area contributed by atoms with Crippen LogP contribution in [0.3, 0.4) is 0 Å². The van der Waals surface area contributed by atoms with Gasteiger partial charge in [0.2, 0.25) is 11.7 Å². The lowest BCUT2D eigenvalue weighted by molar-refractivity contribution is 0.221. The van der Waals surface area contributed by atoms with Crippen LogP contribution in [0.4, 0.5) is 0 Å². The van der Waals surface area contributed by atoms with Gasteiger partial charge in [-0.3, -0.25) is 0 Å². The average Bonchev–Trinajstić information content (AvgIpc) is 2.95. The fraction of sp³-hybridized carbons (Fsp3) is 0.333. The highest BCUT2D eigenvalue weighted by molar-refractivity contribution is 5.37. The molecule has 5 heteroatoms. The predicted molar refractivity (Wildman–Crippen MR) is 60.4 cm³/mol. The van der Waals surface area contributed by atoms with Gasteiger partial charge in [0.05, 0.1) is 6.04 Å². The number of ether oxygens (including phenoxy) is 1. The Morgan fingerprint density at radius 2 is 2.24 bits per heavy atom. The maximum absolute atomic E-state index is 5.76. The van der Waals surface area contributed by atoms with E-state index in [2.05, 4.69) is 10.1 Å². The van der Waals surface area contributed by atoms with Crippen molar-refractivity contribution in [3.63, 3.8) is 0 Å². The molecule has 1 aromatic carbocycles. The normalized spacial score (nSPS) is 19.8. The van der Waals surface area contributed by atoms with Crippen LogP contribution in [0, 0.1) is 0 Å². The van der Waals surface area contributed by atoms with Gasteiger partial charge in [-0.25, -0.2) is 0 Å². The zero-order valence-corrected chi connectivity index (χ0v) is 9.46. The summed E-state index contributed by atoms with van der Waals surface area (Å²) in [5.41, 5.74) is 6.84. The summed E-state index contributed by atoms with van der Waals surface area (Å²) in [6.45, 7) is 1.81. The first-order valence-corrected chi connectivity index (χ1v) is 5.57. The van der Waals surface area contributed by atoms with Gasteiger partial charge in [0.25, 0.3) is 0 Å². The third-order valence-corrected chi connectivity index (χ3v) is 2.78. The fourth-order valence-corrected chi connectivity index (χ4v) is 1.89. The quantitative estimate of drug-likeness (QED) is 0.852. The van der Waals surface area contributed by atoms with E-state index in [9.17, 15) is 0 Å². The largest absolute Gasteiger partial charge is 0.482 e. The Kier molecular flexibility index (Phi) is 2.33. The van der Waals surface area contributed by atoms with Gasteiger partial charge in [-0.1, -0.05) is 23.4 Å². The third kappa shape index (κ3) is 1.78. The molecule has 3 rings (SSSR count). The molecule has 0 saturated heterocycles. The standard InChI is InChI=1S/C12H13N3O2/c1-7(13)12-14-11(15-17-12)10-6-8-4-2-3-5-9(8)16-10/h2-5,7,10H,6,13H2,1H3. The Balaban J connectivity index is 1.84. The smallest absolute Gasteiger partial charge is 0.243 e. The lowest BCUT2D eigenvalue weighted by Crippen LogP contribution is -2.08. The van der Waals surface area contributed by atoms with Crippen LogP contribution in [-0.4, -0.2) is 10.1 Å². The summed E-state index contributed by atoms with van der Waals surface area (Å²) in [7, 11) is 0. The minimum atomic E-state index is -0.250. The van der Waals surface area contributed by atoms with E-state index in [0.29, 0.717) is 11.7 Å². The minimum absolute atomic E-state index is 0.163. The first-order chi connectivity index (χ1) is 8.24. The summed E-state index contributed by atoms with van der Waals surface area (Å²) in [6, 6.07) is 7.68. The van der Waals surface area contributed by atoms with Crippen molar-refractivity contribution in [2.24, 2.45) is 5.73 Å². The number of nitrogens with zero attached hydrogens (tertiary/aromatic N) is 2. The Labute approximate surface area is 98.6 Å². The summed E-state index contributed by atoms with van der Waals surface area (Å²) in [6.07, 6.45) is 0.609. The maximum Gasteiger partial charge on any atom is 0.243 e. The molecule has 0 saturated carbocycles. The lowest BCUT2D eigenvalue weighted by Gasteiger charge is -2.04. The van der Waals surface area contributed by atoms with Crippen molar-refractivity contribution in [1.82, 2.24) is 10.1 Å². The number of rotatable bonds is 2. The summed E-state index contributed by atoms with van der Waals surface area (Å²) in [5, 5.41) is 3.91. The molecule has 2 heterocycles. The van der Waals surface area contributed by atoms with Crippen LogP contribution in [-0.2, 0) is 6.42 Å². The maximum atomic E-state index is 5.76. The monoisotopic (exact) mass is 231 g/mol. The van der Waals surface area contributed by atoms with E-state index in [4.69, 9.17) is 15.0 Å². The molecular weight excluding hydrogens is 218 g/mol. The Bertz CT molecular complexity index is 511. The van der Waals surface area contributed by atoms with Crippen LogP contribution < -0.4 is 10.5 Å². The Morgan fingerprint density at radius 1 is 1.41 bits per heavy atom. The van der Waals surface area contributed by atoms with Crippen molar-refractivity contribution in [1.29, 1.82) is 0 Å². The number of hydrogen-bond acceptors (Lipinski definition) is 5. The lowest BCUT2D eigenvalue weighted by atomic mass is 10.1. The highest BCUT2D eigenvalue weighted by Crippen LogP contribution is 2.35. The number of para-hydroxylation sites is 1. The molecule has 2 aromatic rings. The summed E-state index contributed by atoms with van der Waals surface area (Å²) in [5.74, 6) is 1.90. The van der Waals surface area contributed by atoms with Crippen LogP contribution >= 0.6 is 0 Å².